The van der Waals surface area contributed by atoms with Crippen molar-refractivity contribution >= 4 is 11.5 Å². The predicted octanol–water partition coefficient (Wildman–Crippen LogP) is 2.28. The predicted molar refractivity (Wildman–Crippen MR) is 90.2 cm³/mol. The Morgan fingerprint density at radius 1 is 1.35 bits per heavy atom. The summed E-state index contributed by atoms with van der Waals surface area (Å²) in [5.41, 5.74) is 5.57. The van der Waals surface area contributed by atoms with Gasteiger partial charge in [0, 0.05) is 11.1 Å². The van der Waals surface area contributed by atoms with Crippen LogP contribution in [0.3, 0.4) is 0 Å². The summed E-state index contributed by atoms with van der Waals surface area (Å²) in [5.74, 6) is -1.10. The number of nitrogens with two attached hydrogens (primary N) is 1. The highest BCUT2D eigenvalue weighted by atomic mass is 16.6. The average molecular weight is 359 g/mol. The van der Waals surface area contributed by atoms with Gasteiger partial charge < -0.3 is 19.9 Å². The van der Waals surface area contributed by atoms with Crippen LogP contribution in [0.25, 0.3) is 0 Å². The Bertz CT molecular complexity index is 894. The first-order valence-corrected chi connectivity index (χ1v) is 7.46. The third kappa shape index (κ3) is 3.04. The number of carbonyl (C=O) groups is 1. The summed E-state index contributed by atoms with van der Waals surface area (Å²) in [5, 5.41) is 21.1. The number of nitrogens with zero attached hydrogens (tertiary/aromatic N) is 2. The lowest BCUT2D eigenvalue weighted by Crippen LogP contribution is -2.24. The van der Waals surface area contributed by atoms with Crippen molar-refractivity contribution in [2.45, 2.75) is 19.8 Å². The number of ketones is 1. The molecule has 1 aromatic rings. The fraction of sp³-hybridized carbons (Fsp3) is 0.294. The van der Waals surface area contributed by atoms with E-state index in [0.29, 0.717) is 0 Å². The molecule has 2 N–H and O–H groups in total. The maximum absolute atomic E-state index is 12.2. The zero-order valence-corrected chi connectivity index (χ0v) is 14.7. The van der Waals surface area contributed by atoms with Gasteiger partial charge in [-0.25, -0.2) is 0 Å². The second-order valence-electron chi connectivity index (χ2n) is 5.47. The summed E-state index contributed by atoms with van der Waals surface area (Å²) >= 11 is 0. The highest BCUT2D eigenvalue weighted by Gasteiger charge is 2.38. The molecule has 9 heteroatoms. The molecule has 0 aliphatic carbocycles. The Morgan fingerprint density at radius 2 is 1.92 bits per heavy atom. The Hall–Kier alpha value is -3.54. The average Bonchev–Trinajstić information content (AvgIpc) is 2.59. The third-order valence-electron chi connectivity index (χ3n) is 4.03. The molecule has 9 nitrogen and oxygen atoms in total. The van der Waals surface area contributed by atoms with E-state index in [9.17, 15) is 20.2 Å². The molecule has 0 bridgehead atoms. The molecule has 0 spiro atoms. The van der Waals surface area contributed by atoms with Crippen molar-refractivity contribution in [2.75, 3.05) is 14.2 Å². The lowest BCUT2D eigenvalue weighted by Gasteiger charge is -2.27. The van der Waals surface area contributed by atoms with E-state index >= 15 is 0 Å². The van der Waals surface area contributed by atoms with Gasteiger partial charge in [-0.05, 0) is 19.9 Å². The van der Waals surface area contributed by atoms with E-state index in [-0.39, 0.29) is 45.5 Å². The van der Waals surface area contributed by atoms with E-state index in [1.807, 2.05) is 6.07 Å². The topological polar surface area (TPSA) is 138 Å². The quantitative estimate of drug-likeness (QED) is 0.624. The second-order valence-corrected chi connectivity index (χ2v) is 5.47. The maximum Gasteiger partial charge on any atom is 0.277 e. The number of rotatable bonds is 5. The number of nitro groups is 1. The molecule has 0 saturated carbocycles. The molecule has 0 radical (unpaired) electrons. The summed E-state index contributed by atoms with van der Waals surface area (Å²) in [6.45, 7) is 2.80. The molecule has 1 heterocycles. The Morgan fingerprint density at radius 3 is 2.38 bits per heavy atom. The number of methoxy groups -OCH3 is 2. The minimum absolute atomic E-state index is 0.0833. The van der Waals surface area contributed by atoms with Gasteiger partial charge in [-0.1, -0.05) is 0 Å². The molecular weight excluding hydrogens is 342 g/mol. The van der Waals surface area contributed by atoms with Crippen LogP contribution in [-0.4, -0.2) is 24.9 Å². The van der Waals surface area contributed by atoms with E-state index in [1.165, 1.54) is 40.2 Å². The van der Waals surface area contributed by atoms with E-state index in [4.69, 9.17) is 19.9 Å². The maximum atomic E-state index is 12.2. The molecule has 1 aromatic carbocycles. The second kappa shape index (κ2) is 7.14. The molecule has 0 amide bonds. The van der Waals surface area contributed by atoms with Crippen LogP contribution in [0.5, 0.6) is 11.5 Å². The zero-order chi connectivity index (χ0) is 19.6. The first kappa shape index (κ1) is 18.8. The van der Waals surface area contributed by atoms with Crippen molar-refractivity contribution in [1.29, 1.82) is 5.26 Å². The Kier molecular flexibility index (Phi) is 5.16. The molecule has 1 aliphatic rings. The van der Waals surface area contributed by atoms with Crippen molar-refractivity contribution in [3.63, 3.8) is 0 Å². The summed E-state index contributed by atoms with van der Waals surface area (Å²) in [4.78, 5) is 23.2. The van der Waals surface area contributed by atoms with Gasteiger partial charge in [0.2, 0.25) is 5.88 Å². The van der Waals surface area contributed by atoms with Crippen LogP contribution < -0.4 is 15.2 Å². The van der Waals surface area contributed by atoms with Crippen LogP contribution in [0.15, 0.2) is 34.9 Å². The molecule has 1 atom stereocenters. The lowest BCUT2D eigenvalue weighted by molar-refractivity contribution is -0.385. The van der Waals surface area contributed by atoms with Crippen LogP contribution in [-0.2, 0) is 9.53 Å². The van der Waals surface area contributed by atoms with Gasteiger partial charge in [-0.2, -0.15) is 5.26 Å². The summed E-state index contributed by atoms with van der Waals surface area (Å²) in [7, 11) is 2.72. The standard InChI is InChI=1S/C17H17N3O6/c1-8(21)15-9(2)26-17(19)11(7-18)16(15)10-5-13(24-3)14(25-4)6-12(10)20(22)23/h5-6,16H,19H2,1-4H3. The van der Waals surface area contributed by atoms with Gasteiger partial charge in [-0.3, -0.25) is 14.9 Å². The minimum Gasteiger partial charge on any atom is -0.493 e. The molecule has 0 fully saturated rings. The van der Waals surface area contributed by atoms with Crippen LogP contribution in [0.2, 0.25) is 0 Å². The number of nitriles is 1. The van der Waals surface area contributed by atoms with Crippen molar-refractivity contribution in [2.24, 2.45) is 5.73 Å². The summed E-state index contributed by atoms with van der Waals surface area (Å²) in [6.07, 6.45) is 0. The van der Waals surface area contributed by atoms with Crippen molar-refractivity contribution in [1.82, 2.24) is 0 Å². The molecular formula is C17H17N3O6. The molecule has 2 rings (SSSR count). The normalized spacial score (nSPS) is 16.7. The van der Waals surface area contributed by atoms with E-state index in [0.717, 1.165) is 0 Å². The van der Waals surface area contributed by atoms with Gasteiger partial charge >= 0.3 is 0 Å². The highest BCUT2D eigenvalue weighted by Crippen LogP contribution is 2.46. The SMILES string of the molecule is COc1cc(C2C(C#N)=C(N)OC(C)=C2C(C)=O)c([N+](=O)[O-])cc1OC. The molecule has 1 unspecified atom stereocenters. The lowest BCUT2D eigenvalue weighted by atomic mass is 9.80. The van der Waals surface area contributed by atoms with Gasteiger partial charge in [-0.15, -0.1) is 0 Å². The number of hydrogen-bond donors (Lipinski definition) is 1. The van der Waals surface area contributed by atoms with Crippen LogP contribution in [0.1, 0.15) is 25.3 Å². The number of nitro benzene ring substituents is 1. The van der Waals surface area contributed by atoms with Crippen molar-refractivity contribution < 1.29 is 23.9 Å². The smallest absolute Gasteiger partial charge is 0.277 e. The van der Waals surface area contributed by atoms with Crippen LogP contribution >= 0.6 is 0 Å². The monoisotopic (exact) mass is 359 g/mol. The van der Waals surface area contributed by atoms with Crippen molar-refractivity contribution in [3.05, 3.63) is 50.6 Å². The van der Waals surface area contributed by atoms with Gasteiger partial charge in [0.1, 0.15) is 17.4 Å². The fourth-order valence-electron chi connectivity index (χ4n) is 2.92. The number of Topliss-reactive ketones (excluding diaryl/α,β-unsaturated/α-hetero) is 1. The number of benzene rings is 1. The molecule has 0 aromatic heterocycles. The number of allylic oxidation sites excluding steroid dienone is 3. The van der Waals surface area contributed by atoms with E-state index in [2.05, 4.69) is 0 Å². The Labute approximate surface area is 149 Å². The van der Waals surface area contributed by atoms with Crippen LogP contribution in [0, 0.1) is 21.4 Å². The highest BCUT2D eigenvalue weighted by molar-refractivity contribution is 5.97. The van der Waals surface area contributed by atoms with Gasteiger partial charge in [0.15, 0.2) is 17.3 Å². The first-order chi connectivity index (χ1) is 12.3. The number of ether oxygens (including phenoxy) is 3. The summed E-state index contributed by atoms with van der Waals surface area (Å²) < 4.78 is 15.6. The first-order valence-electron chi connectivity index (χ1n) is 7.46. The van der Waals surface area contributed by atoms with E-state index in [1.54, 1.807) is 0 Å². The van der Waals surface area contributed by atoms with Gasteiger partial charge in [0.25, 0.3) is 5.69 Å². The molecule has 136 valence electrons. The third-order valence-corrected chi connectivity index (χ3v) is 4.03. The largest absolute Gasteiger partial charge is 0.493 e. The number of carbonyl (C=O) groups excluding carboxylic acids is 1. The molecule has 1 aliphatic heterocycles. The van der Waals surface area contributed by atoms with Crippen molar-refractivity contribution in [3.8, 4) is 17.6 Å². The molecule has 26 heavy (non-hydrogen) atoms. The Balaban J connectivity index is 2.89. The van der Waals surface area contributed by atoms with E-state index < -0.39 is 16.6 Å². The summed E-state index contributed by atoms with van der Waals surface area (Å²) in [6, 6.07) is 4.44. The fourth-order valence-corrected chi connectivity index (χ4v) is 2.92. The van der Waals surface area contributed by atoms with Crippen LogP contribution in [0.4, 0.5) is 5.69 Å². The minimum atomic E-state index is -1.05. The zero-order valence-electron chi connectivity index (χ0n) is 14.7. The number of hydrogen-bond acceptors (Lipinski definition) is 8. The molecule has 0 saturated heterocycles. The van der Waals surface area contributed by atoms with Gasteiger partial charge in [0.05, 0.1) is 31.1 Å².